The number of carbonyl (C=O) groups excluding carboxylic acids is 1. The average molecular weight is 194 g/mol. The molecule has 0 unspecified atom stereocenters. The molecule has 0 atom stereocenters. The van der Waals surface area contributed by atoms with Crippen LogP contribution in [0, 0.1) is 0 Å². The van der Waals surface area contributed by atoms with Crippen molar-refractivity contribution in [1.82, 2.24) is 0 Å². The minimum Gasteiger partial charge on any atom is -0.478 e. The summed E-state index contributed by atoms with van der Waals surface area (Å²) in [5, 5.41) is -0.411. The SMILES string of the molecule is CCOC(=O)SC(=S)OCC. The number of thioether (sulfide) groups is 1. The van der Waals surface area contributed by atoms with Crippen LogP contribution in [0.4, 0.5) is 4.79 Å². The van der Waals surface area contributed by atoms with Crippen LogP contribution in [0.25, 0.3) is 0 Å². The van der Waals surface area contributed by atoms with E-state index in [0.717, 1.165) is 11.8 Å². The number of hydrogen-bond donors (Lipinski definition) is 0. The van der Waals surface area contributed by atoms with Crippen molar-refractivity contribution in [3.63, 3.8) is 0 Å². The van der Waals surface area contributed by atoms with Crippen molar-refractivity contribution in [2.75, 3.05) is 13.2 Å². The molecule has 0 aromatic carbocycles. The molecule has 0 saturated heterocycles. The fourth-order valence-corrected chi connectivity index (χ4v) is 1.17. The Balaban J connectivity index is 3.49. The second-order valence-corrected chi connectivity index (χ2v) is 3.01. The Morgan fingerprint density at radius 3 is 2.36 bits per heavy atom. The maximum atomic E-state index is 10.7. The highest BCUT2D eigenvalue weighted by Gasteiger charge is 2.07. The van der Waals surface area contributed by atoms with Crippen LogP contribution >= 0.6 is 24.0 Å². The zero-order valence-corrected chi connectivity index (χ0v) is 8.09. The third-order valence-electron chi connectivity index (χ3n) is 0.691. The summed E-state index contributed by atoms with van der Waals surface area (Å²) < 4.78 is 9.68. The lowest BCUT2D eigenvalue weighted by atomic mass is 10.9. The van der Waals surface area contributed by atoms with E-state index in [1.807, 2.05) is 0 Å². The minimum atomic E-state index is -0.411. The van der Waals surface area contributed by atoms with Gasteiger partial charge in [-0.15, -0.1) is 0 Å². The molecule has 0 aliphatic carbocycles. The highest BCUT2D eigenvalue weighted by Crippen LogP contribution is 2.09. The molecule has 0 aliphatic heterocycles. The van der Waals surface area contributed by atoms with Gasteiger partial charge in [-0.1, -0.05) is 0 Å². The Bertz CT molecular complexity index is 131. The van der Waals surface area contributed by atoms with Crippen LogP contribution in [-0.4, -0.2) is 22.9 Å². The average Bonchev–Trinajstić information content (AvgIpc) is 1.87. The predicted octanol–water partition coefficient (Wildman–Crippen LogP) is 2.20. The van der Waals surface area contributed by atoms with Crippen molar-refractivity contribution in [2.24, 2.45) is 0 Å². The maximum Gasteiger partial charge on any atom is 0.375 e. The van der Waals surface area contributed by atoms with Gasteiger partial charge in [-0.3, -0.25) is 0 Å². The van der Waals surface area contributed by atoms with Gasteiger partial charge in [0.05, 0.1) is 13.2 Å². The minimum absolute atomic E-state index is 0.214. The zero-order chi connectivity index (χ0) is 8.69. The van der Waals surface area contributed by atoms with E-state index >= 15 is 0 Å². The molecule has 11 heavy (non-hydrogen) atoms. The first-order valence-electron chi connectivity index (χ1n) is 3.22. The highest BCUT2D eigenvalue weighted by atomic mass is 32.2. The van der Waals surface area contributed by atoms with Gasteiger partial charge >= 0.3 is 5.30 Å². The molecule has 5 heteroatoms. The van der Waals surface area contributed by atoms with Crippen LogP contribution < -0.4 is 0 Å². The molecular formula is C6H10O3S2. The first-order valence-corrected chi connectivity index (χ1v) is 4.44. The molecular weight excluding hydrogens is 184 g/mol. The topological polar surface area (TPSA) is 35.5 Å². The fraction of sp³-hybridized carbons (Fsp3) is 0.667. The predicted molar refractivity (Wildman–Crippen MR) is 48.8 cm³/mol. The van der Waals surface area contributed by atoms with Gasteiger partial charge in [0, 0.05) is 11.8 Å². The number of ether oxygens (including phenoxy) is 2. The van der Waals surface area contributed by atoms with Gasteiger partial charge in [-0.2, -0.15) is 0 Å². The lowest BCUT2D eigenvalue weighted by Gasteiger charge is -2.02. The molecule has 0 rings (SSSR count). The molecule has 0 amide bonds. The zero-order valence-electron chi connectivity index (χ0n) is 6.46. The normalized spacial score (nSPS) is 8.91. The molecule has 0 aromatic rings. The summed E-state index contributed by atoms with van der Waals surface area (Å²) in [6.07, 6.45) is 0. The monoisotopic (exact) mass is 194 g/mol. The summed E-state index contributed by atoms with van der Waals surface area (Å²) in [5.74, 6) is 0. The Hall–Kier alpha value is -0.290. The van der Waals surface area contributed by atoms with E-state index in [1.165, 1.54) is 0 Å². The van der Waals surface area contributed by atoms with E-state index in [0.29, 0.717) is 13.2 Å². The summed E-state index contributed by atoms with van der Waals surface area (Å²) in [6.45, 7) is 4.38. The molecule has 0 saturated carbocycles. The van der Waals surface area contributed by atoms with E-state index in [9.17, 15) is 4.79 Å². The first-order chi connectivity index (χ1) is 5.20. The summed E-state index contributed by atoms with van der Waals surface area (Å²) >= 11 is 5.48. The largest absolute Gasteiger partial charge is 0.478 e. The Morgan fingerprint density at radius 2 is 1.91 bits per heavy atom. The van der Waals surface area contributed by atoms with Crippen molar-refractivity contribution in [1.29, 1.82) is 0 Å². The molecule has 0 bridgehead atoms. The van der Waals surface area contributed by atoms with E-state index in [-0.39, 0.29) is 4.38 Å². The van der Waals surface area contributed by atoms with E-state index in [4.69, 9.17) is 4.74 Å². The van der Waals surface area contributed by atoms with Crippen molar-refractivity contribution >= 4 is 33.7 Å². The lowest BCUT2D eigenvalue weighted by Crippen LogP contribution is -2.03. The summed E-state index contributed by atoms with van der Waals surface area (Å²) in [7, 11) is 0. The van der Waals surface area contributed by atoms with Crippen LogP contribution in [0.5, 0.6) is 0 Å². The fourth-order valence-electron chi connectivity index (χ4n) is 0.363. The number of hydrogen-bond acceptors (Lipinski definition) is 5. The summed E-state index contributed by atoms with van der Waals surface area (Å²) in [5.41, 5.74) is 0. The van der Waals surface area contributed by atoms with Gasteiger partial charge in [0.2, 0.25) is 4.38 Å². The molecule has 64 valence electrons. The molecule has 0 N–H and O–H groups in total. The highest BCUT2D eigenvalue weighted by molar-refractivity contribution is 8.32. The maximum absolute atomic E-state index is 10.7. The molecule has 0 heterocycles. The summed E-state index contributed by atoms with van der Waals surface area (Å²) in [6, 6.07) is 0. The molecule has 0 fully saturated rings. The van der Waals surface area contributed by atoms with E-state index in [2.05, 4.69) is 17.0 Å². The van der Waals surface area contributed by atoms with Crippen LogP contribution in [0.3, 0.4) is 0 Å². The number of thiocarbonyl (C=S) groups is 1. The van der Waals surface area contributed by atoms with Crippen LogP contribution in [-0.2, 0) is 9.47 Å². The van der Waals surface area contributed by atoms with Crippen LogP contribution in [0.15, 0.2) is 0 Å². The van der Waals surface area contributed by atoms with E-state index in [1.54, 1.807) is 13.8 Å². The molecule has 0 aliphatic rings. The number of carbonyl (C=O) groups is 1. The van der Waals surface area contributed by atoms with Crippen molar-refractivity contribution < 1.29 is 14.3 Å². The Morgan fingerprint density at radius 1 is 1.36 bits per heavy atom. The van der Waals surface area contributed by atoms with Gasteiger partial charge in [0.25, 0.3) is 0 Å². The third-order valence-corrected chi connectivity index (χ3v) is 1.63. The standard InChI is InChI=1S/C6H10O3S2/c1-3-8-5(7)11-6(10)9-4-2/h3-4H2,1-2H3. The molecule has 0 aromatic heterocycles. The van der Waals surface area contributed by atoms with Crippen LogP contribution in [0.1, 0.15) is 13.8 Å². The number of rotatable bonds is 2. The Labute approximate surface area is 75.4 Å². The van der Waals surface area contributed by atoms with E-state index < -0.39 is 5.30 Å². The van der Waals surface area contributed by atoms with Gasteiger partial charge in [-0.05, 0) is 26.1 Å². The third kappa shape index (κ3) is 6.12. The van der Waals surface area contributed by atoms with Crippen molar-refractivity contribution in [2.45, 2.75) is 13.8 Å². The van der Waals surface area contributed by atoms with Gasteiger partial charge in [0.1, 0.15) is 0 Å². The van der Waals surface area contributed by atoms with Crippen molar-refractivity contribution in [3.05, 3.63) is 0 Å². The Kier molecular flexibility index (Phi) is 6.25. The van der Waals surface area contributed by atoms with Gasteiger partial charge in [-0.25, -0.2) is 4.79 Å². The smallest absolute Gasteiger partial charge is 0.375 e. The first kappa shape index (κ1) is 10.7. The van der Waals surface area contributed by atoms with Gasteiger partial charge in [0.15, 0.2) is 0 Å². The second-order valence-electron chi connectivity index (χ2n) is 1.47. The molecule has 3 nitrogen and oxygen atoms in total. The van der Waals surface area contributed by atoms with Crippen LogP contribution in [0.2, 0.25) is 0 Å². The lowest BCUT2D eigenvalue weighted by molar-refractivity contribution is 0.181. The van der Waals surface area contributed by atoms with Gasteiger partial charge < -0.3 is 9.47 Å². The molecule has 0 radical (unpaired) electrons. The quantitative estimate of drug-likeness (QED) is 0.497. The van der Waals surface area contributed by atoms with Crippen molar-refractivity contribution in [3.8, 4) is 0 Å². The molecule has 0 spiro atoms. The second kappa shape index (κ2) is 6.42. The summed E-state index contributed by atoms with van der Waals surface area (Å²) in [4.78, 5) is 10.7.